The van der Waals surface area contributed by atoms with Crippen LogP contribution >= 0.6 is 12.2 Å². The summed E-state index contributed by atoms with van der Waals surface area (Å²) in [4.78, 5) is 13.0. The highest BCUT2D eigenvalue weighted by atomic mass is 32.1. The molecule has 1 amide bonds. The zero-order chi connectivity index (χ0) is 20.4. The quantitative estimate of drug-likeness (QED) is 0.499. The van der Waals surface area contributed by atoms with E-state index < -0.39 is 0 Å². The average molecular weight is 404 g/mol. The topological polar surface area (TPSA) is 80.5 Å². The van der Waals surface area contributed by atoms with Crippen LogP contribution in [0, 0.1) is 11.7 Å². The molecule has 0 atom stereocenters. The van der Waals surface area contributed by atoms with E-state index in [4.69, 9.17) is 17.3 Å². The smallest absolute Gasteiger partial charge is 0.255 e. The minimum Gasteiger partial charge on any atom is -0.345 e. The molecule has 2 aromatic carbocycles. The number of carbonyl (C=O) groups is 1. The highest BCUT2D eigenvalue weighted by Crippen LogP contribution is 2.24. The number of aromatic nitrogens is 5. The second kappa shape index (κ2) is 7.84. The first kappa shape index (κ1) is 18.8. The van der Waals surface area contributed by atoms with Crippen LogP contribution in [0.4, 0.5) is 0 Å². The van der Waals surface area contributed by atoms with E-state index >= 15 is 0 Å². The molecule has 0 bridgehead atoms. The number of hydrogen-bond acceptors (Lipinski definition) is 4. The predicted molar refractivity (Wildman–Crippen MR) is 113 cm³/mol. The van der Waals surface area contributed by atoms with Crippen LogP contribution in [0.3, 0.4) is 0 Å². The van der Waals surface area contributed by atoms with Crippen molar-refractivity contribution in [3.8, 4) is 16.9 Å². The third-order valence-electron chi connectivity index (χ3n) is 4.68. The Balaban J connectivity index is 1.68. The van der Waals surface area contributed by atoms with Crippen molar-refractivity contribution in [3.63, 3.8) is 0 Å². The molecule has 29 heavy (non-hydrogen) atoms. The second-order valence-corrected chi connectivity index (χ2v) is 7.11. The van der Waals surface area contributed by atoms with Crippen molar-refractivity contribution >= 4 is 18.1 Å². The summed E-state index contributed by atoms with van der Waals surface area (Å²) >= 11 is 5.12. The molecule has 0 radical (unpaired) electrons. The lowest BCUT2D eigenvalue weighted by atomic mass is 10.1. The number of hydrogen-bond donors (Lipinski definition) is 2. The Bertz CT molecular complexity index is 1200. The molecular weight excluding hydrogens is 384 g/mol. The van der Waals surface area contributed by atoms with Gasteiger partial charge in [0.25, 0.3) is 5.91 Å². The molecule has 0 aliphatic rings. The van der Waals surface area contributed by atoms with Gasteiger partial charge in [-0.2, -0.15) is 10.2 Å². The maximum atomic E-state index is 13.0. The van der Waals surface area contributed by atoms with Gasteiger partial charge in [0.15, 0.2) is 10.6 Å². The normalized spacial score (nSPS) is 10.8. The molecule has 4 aromatic rings. The Kier molecular flexibility index (Phi) is 5.09. The molecule has 7 nitrogen and oxygen atoms in total. The molecule has 0 saturated carbocycles. The highest BCUT2D eigenvalue weighted by molar-refractivity contribution is 7.71. The van der Waals surface area contributed by atoms with Crippen LogP contribution in [0.15, 0.2) is 60.8 Å². The van der Waals surface area contributed by atoms with Crippen LogP contribution in [0.1, 0.15) is 21.7 Å². The molecule has 0 aliphatic carbocycles. The standard InChI is InChI=1S/C21H20N6OS/c1-14-8-10-16(11-9-14)27-13-17(19(25-27)15-6-4-3-5-7-15)20(28)22-12-18-23-24-21(29)26(18)2/h3-11,13H,12H2,1-2H3,(H,22,28)(H,24,29). The fraction of sp³-hybridized carbons (Fsp3) is 0.143. The summed E-state index contributed by atoms with van der Waals surface area (Å²) in [6.45, 7) is 2.29. The lowest BCUT2D eigenvalue weighted by Gasteiger charge is -2.05. The van der Waals surface area contributed by atoms with Gasteiger partial charge in [-0.1, -0.05) is 48.0 Å². The fourth-order valence-corrected chi connectivity index (χ4v) is 3.12. The van der Waals surface area contributed by atoms with Gasteiger partial charge in [0.1, 0.15) is 5.69 Å². The summed E-state index contributed by atoms with van der Waals surface area (Å²) in [5, 5.41) is 14.5. The molecule has 0 saturated heterocycles. The number of aromatic amines is 1. The van der Waals surface area contributed by atoms with Crippen molar-refractivity contribution in [1.29, 1.82) is 0 Å². The van der Waals surface area contributed by atoms with E-state index in [0.717, 1.165) is 16.8 Å². The molecule has 4 rings (SSSR count). The minimum absolute atomic E-state index is 0.226. The molecule has 2 N–H and O–H groups in total. The maximum Gasteiger partial charge on any atom is 0.255 e. The molecule has 8 heteroatoms. The molecule has 146 valence electrons. The summed E-state index contributed by atoms with van der Waals surface area (Å²) in [5.74, 6) is 0.423. The number of nitrogens with one attached hydrogen (secondary N) is 2. The lowest BCUT2D eigenvalue weighted by molar-refractivity contribution is 0.0950. The second-order valence-electron chi connectivity index (χ2n) is 6.72. The van der Waals surface area contributed by atoms with E-state index in [9.17, 15) is 4.79 Å². The fourth-order valence-electron chi connectivity index (χ4n) is 2.97. The predicted octanol–water partition coefficient (Wildman–Crippen LogP) is 3.57. The van der Waals surface area contributed by atoms with E-state index in [1.807, 2.05) is 61.5 Å². The van der Waals surface area contributed by atoms with Crippen molar-refractivity contribution < 1.29 is 4.79 Å². The van der Waals surface area contributed by atoms with E-state index in [1.54, 1.807) is 22.5 Å². The lowest BCUT2D eigenvalue weighted by Crippen LogP contribution is -2.24. The molecule has 0 unspecified atom stereocenters. The minimum atomic E-state index is -0.226. The third-order valence-corrected chi connectivity index (χ3v) is 5.05. The van der Waals surface area contributed by atoms with Crippen molar-refractivity contribution in [2.75, 3.05) is 0 Å². The molecule has 2 heterocycles. The number of rotatable bonds is 5. The number of aryl methyl sites for hydroxylation is 1. The van der Waals surface area contributed by atoms with Crippen LogP contribution in [-0.4, -0.2) is 30.5 Å². The summed E-state index contributed by atoms with van der Waals surface area (Å²) in [7, 11) is 1.80. The van der Waals surface area contributed by atoms with Crippen molar-refractivity contribution in [2.45, 2.75) is 13.5 Å². The van der Waals surface area contributed by atoms with Crippen LogP contribution in [-0.2, 0) is 13.6 Å². The summed E-state index contributed by atoms with van der Waals surface area (Å²) < 4.78 is 3.96. The average Bonchev–Trinajstić information content (AvgIpc) is 3.32. The molecular formula is C21H20N6OS. The van der Waals surface area contributed by atoms with Gasteiger partial charge in [-0.15, -0.1) is 0 Å². The Morgan fingerprint density at radius 3 is 2.52 bits per heavy atom. The Morgan fingerprint density at radius 2 is 1.86 bits per heavy atom. The zero-order valence-electron chi connectivity index (χ0n) is 16.1. The first-order valence-electron chi connectivity index (χ1n) is 9.13. The van der Waals surface area contributed by atoms with Gasteiger partial charge < -0.3 is 9.88 Å². The van der Waals surface area contributed by atoms with Crippen LogP contribution in [0.25, 0.3) is 16.9 Å². The Labute approximate surface area is 173 Å². The van der Waals surface area contributed by atoms with Gasteiger partial charge in [0.05, 0.1) is 17.8 Å². The van der Waals surface area contributed by atoms with Crippen molar-refractivity contribution in [3.05, 3.63) is 82.5 Å². The number of amides is 1. The SMILES string of the molecule is Cc1ccc(-n2cc(C(=O)NCc3n[nH]c(=S)n3C)c(-c3ccccc3)n2)cc1. The van der Waals surface area contributed by atoms with E-state index in [2.05, 4.69) is 15.5 Å². The number of carbonyl (C=O) groups excluding carboxylic acids is 1. The summed E-state index contributed by atoms with van der Waals surface area (Å²) in [6.07, 6.45) is 1.76. The van der Waals surface area contributed by atoms with E-state index in [-0.39, 0.29) is 12.5 Å². The van der Waals surface area contributed by atoms with Crippen molar-refractivity contribution in [2.24, 2.45) is 7.05 Å². The summed E-state index contributed by atoms with van der Waals surface area (Å²) in [5.41, 5.74) is 4.05. The van der Waals surface area contributed by atoms with Gasteiger partial charge in [-0.3, -0.25) is 9.89 Å². The third kappa shape index (κ3) is 3.88. The maximum absolute atomic E-state index is 13.0. The number of H-pyrrole nitrogens is 1. The first-order valence-corrected chi connectivity index (χ1v) is 9.54. The van der Waals surface area contributed by atoms with Gasteiger partial charge in [-0.05, 0) is 31.3 Å². The van der Waals surface area contributed by atoms with Gasteiger partial charge in [0, 0.05) is 18.8 Å². The highest BCUT2D eigenvalue weighted by Gasteiger charge is 2.19. The number of benzene rings is 2. The van der Waals surface area contributed by atoms with E-state index in [1.165, 1.54) is 0 Å². The molecule has 0 spiro atoms. The van der Waals surface area contributed by atoms with Crippen LogP contribution in [0.2, 0.25) is 0 Å². The number of nitrogens with zero attached hydrogens (tertiary/aromatic N) is 4. The molecule has 0 fully saturated rings. The Hall–Kier alpha value is -3.52. The molecule has 0 aliphatic heterocycles. The van der Waals surface area contributed by atoms with Crippen LogP contribution in [0.5, 0.6) is 0 Å². The molecule has 2 aromatic heterocycles. The van der Waals surface area contributed by atoms with Gasteiger partial charge in [0.2, 0.25) is 0 Å². The van der Waals surface area contributed by atoms with Gasteiger partial charge in [-0.25, -0.2) is 4.68 Å². The van der Waals surface area contributed by atoms with Crippen LogP contribution < -0.4 is 5.32 Å². The largest absolute Gasteiger partial charge is 0.345 e. The van der Waals surface area contributed by atoms with Gasteiger partial charge >= 0.3 is 0 Å². The Morgan fingerprint density at radius 1 is 1.14 bits per heavy atom. The van der Waals surface area contributed by atoms with E-state index in [0.29, 0.717) is 21.9 Å². The zero-order valence-corrected chi connectivity index (χ0v) is 16.9. The first-order chi connectivity index (χ1) is 14.0. The monoisotopic (exact) mass is 404 g/mol. The summed E-state index contributed by atoms with van der Waals surface area (Å²) in [6, 6.07) is 17.7. The van der Waals surface area contributed by atoms with Crippen molar-refractivity contribution in [1.82, 2.24) is 29.9 Å².